The van der Waals surface area contributed by atoms with Crippen molar-refractivity contribution < 1.29 is 4.74 Å². The lowest BCUT2D eigenvalue weighted by molar-refractivity contribution is 0.399. The molecule has 0 aliphatic heterocycles. The van der Waals surface area contributed by atoms with Crippen molar-refractivity contribution in [2.24, 2.45) is 5.84 Å². The van der Waals surface area contributed by atoms with Crippen LogP contribution in [0.25, 0.3) is 0 Å². The number of rotatable bonds is 4. The van der Waals surface area contributed by atoms with Gasteiger partial charge in [0.25, 0.3) is 0 Å². The second-order valence-corrected chi connectivity index (χ2v) is 4.20. The van der Waals surface area contributed by atoms with E-state index in [0.29, 0.717) is 0 Å². The number of ether oxygens (including phenoxy) is 1. The van der Waals surface area contributed by atoms with Crippen LogP contribution in [0.15, 0.2) is 24.5 Å². The van der Waals surface area contributed by atoms with Crippen LogP contribution in [-0.4, -0.2) is 17.1 Å². The van der Waals surface area contributed by atoms with Crippen LogP contribution in [0.3, 0.4) is 0 Å². The molecular weight excluding hydrogens is 228 g/mol. The molecule has 4 N–H and O–H groups in total. The van der Waals surface area contributed by atoms with Gasteiger partial charge >= 0.3 is 0 Å². The molecule has 1 atom stereocenters. The molecule has 5 nitrogen and oxygen atoms in total. The Kier molecular flexibility index (Phi) is 3.64. The number of aryl methyl sites for hydroxylation is 1. The molecule has 1 unspecified atom stereocenters. The first-order valence-electron chi connectivity index (χ1n) is 5.78. The van der Waals surface area contributed by atoms with Crippen molar-refractivity contribution in [1.82, 2.24) is 15.4 Å². The second kappa shape index (κ2) is 5.20. The lowest BCUT2D eigenvalue weighted by atomic mass is 9.99. The predicted octanol–water partition coefficient (Wildman–Crippen LogP) is 1.59. The van der Waals surface area contributed by atoms with Crippen LogP contribution < -0.4 is 16.0 Å². The Labute approximate surface area is 106 Å². The van der Waals surface area contributed by atoms with Gasteiger partial charge in [0.1, 0.15) is 17.6 Å². The van der Waals surface area contributed by atoms with Crippen LogP contribution in [0.4, 0.5) is 0 Å². The van der Waals surface area contributed by atoms with Gasteiger partial charge in [0.05, 0.1) is 7.11 Å². The van der Waals surface area contributed by atoms with Crippen molar-refractivity contribution in [3.63, 3.8) is 0 Å². The van der Waals surface area contributed by atoms with Crippen molar-refractivity contribution in [3.05, 3.63) is 47.0 Å². The number of hydrogen-bond acceptors (Lipinski definition) is 4. The Bertz CT molecular complexity index is 522. The van der Waals surface area contributed by atoms with Gasteiger partial charge in [-0.15, -0.1) is 0 Å². The first-order valence-corrected chi connectivity index (χ1v) is 5.78. The Balaban J connectivity index is 2.52. The maximum Gasteiger partial charge on any atom is 0.129 e. The number of nitrogens with one attached hydrogen (secondary N) is 2. The molecule has 2 rings (SSSR count). The van der Waals surface area contributed by atoms with E-state index >= 15 is 0 Å². The summed E-state index contributed by atoms with van der Waals surface area (Å²) in [6.07, 6.45) is 3.47. The van der Waals surface area contributed by atoms with E-state index in [0.717, 1.165) is 22.7 Å². The number of nitrogens with zero attached hydrogens (tertiary/aromatic N) is 1. The number of hydrazine groups is 1. The van der Waals surface area contributed by atoms with Crippen LogP contribution in [0.2, 0.25) is 0 Å². The summed E-state index contributed by atoms with van der Waals surface area (Å²) in [6, 6.07) is 3.85. The van der Waals surface area contributed by atoms with Crippen molar-refractivity contribution in [3.8, 4) is 5.75 Å². The van der Waals surface area contributed by atoms with Crippen LogP contribution in [-0.2, 0) is 0 Å². The van der Waals surface area contributed by atoms with Gasteiger partial charge in [-0.05, 0) is 25.0 Å². The minimum atomic E-state index is -0.214. The molecule has 0 aliphatic carbocycles. The molecule has 1 aromatic heterocycles. The van der Waals surface area contributed by atoms with Crippen molar-refractivity contribution in [2.75, 3.05) is 7.11 Å². The molecule has 1 heterocycles. The number of aromatic amines is 1. The Morgan fingerprint density at radius 2 is 2.17 bits per heavy atom. The molecule has 0 spiro atoms. The zero-order valence-electron chi connectivity index (χ0n) is 10.8. The van der Waals surface area contributed by atoms with Crippen LogP contribution in [0, 0.1) is 13.8 Å². The number of benzene rings is 1. The highest BCUT2D eigenvalue weighted by Crippen LogP contribution is 2.32. The van der Waals surface area contributed by atoms with Gasteiger partial charge in [-0.3, -0.25) is 5.84 Å². The minimum Gasteiger partial charge on any atom is -0.496 e. The smallest absolute Gasteiger partial charge is 0.129 e. The van der Waals surface area contributed by atoms with Crippen LogP contribution in [0.1, 0.15) is 28.6 Å². The van der Waals surface area contributed by atoms with Gasteiger partial charge in [-0.1, -0.05) is 12.1 Å². The Hall–Kier alpha value is -1.85. The van der Waals surface area contributed by atoms with E-state index in [1.165, 1.54) is 5.56 Å². The molecule has 0 saturated heterocycles. The molecule has 0 saturated carbocycles. The topological polar surface area (TPSA) is 76.0 Å². The third kappa shape index (κ3) is 2.10. The molecule has 18 heavy (non-hydrogen) atoms. The molecule has 96 valence electrons. The highest BCUT2D eigenvalue weighted by molar-refractivity contribution is 5.48. The van der Waals surface area contributed by atoms with Gasteiger partial charge in [0.2, 0.25) is 0 Å². The molecule has 2 aromatic rings. The molecule has 0 amide bonds. The van der Waals surface area contributed by atoms with E-state index in [9.17, 15) is 0 Å². The predicted molar refractivity (Wildman–Crippen MR) is 70.2 cm³/mol. The zero-order chi connectivity index (χ0) is 13.1. The molecular formula is C13H18N4O. The Morgan fingerprint density at radius 1 is 1.39 bits per heavy atom. The van der Waals surface area contributed by atoms with E-state index in [4.69, 9.17) is 10.6 Å². The summed E-state index contributed by atoms with van der Waals surface area (Å²) >= 11 is 0. The fraction of sp³-hybridized carbons (Fsp3) is 0.308. The van der Waals surface area contributed by atoms with Crippen LogP contribution in [0.5, 0.6) is 5.75 Å². The Morgan fingerprint density at radius 3 is 2.72 bits per heavy atom. The second-order valence-electron chi connectivity index (χ2n) is 4.20. The van der Waals surface area contributed by atoms with Gasteiger partial charge in [-0.2, -0.15) is 0 Å². The summed E-state index contributed by atoms with van der Waals surface area (Å²) in [7, 11) is 1.67. The lowest BCUT2D eigenvalue weighted by Crippen LogP contribution is -2.30. The van der Waals surface area contributed by atoms with Crippen LogP contribution >= 0.6 is 0 Å². The molecule has 1 aromatic carbocycles. The number of H-pyrrole nitrogens is 1. The number of imidazole rings is 1. The largest absolute Gasteiger partial charge is 0.496 e. The summed E-state index contributed by atoms with van der Waals surface area (Å²) in [5, 5.41) is 0. The standard InChI is InChI=1S/C13H18N4O/c1-8-4-5-10(12(18-3)9(8)2)11(17-14)13-15-6-7-16-13/h4-7,11,17H,14H2,1-3H3,(H,15,16). The summed E-state index contributed by atoms with van der Waals surface area (Å²) in [6.45, 7) is 4.09. The van der Waals surface area contributed by atoms with Crippen molar-refractivity contribution >= 4 is 0 Å². The maximum absolute atomic E-state index is 5.64. The normalized spacial score (nSPS) is 12.4. The van der Waals surface area contributed by atoms with E-state index in [2.05, 4.69) is 28.4 Å². The summed E-state index contributed by atoms with van der Waals surface area (Å²) in [4.78, 5) is 7.30. The first kappa shape index (κ1) is 12.6. The average molecular weight is 246 g/mol. The van der Waals surface area contributed by atoms with Gasteiger partial charge in [0, 0.05) is 18.0 Å². The summed E-state index contributed by atoms with van der Waals surface area (Å²) in [5.41, 5.74) is 6.04. The molecule has 0 bridgehead atoms. The third-order valence-electron chi connectivity index (χ3n) is 3.18. The molecule has 0 radical (unpaired) electrons. The average Bonchev–Trinajstić information content (AvgIpc) is 2.89. The monoisotopic (exact) mass is 246 g/mol. The SMILES string of the molecule is COc1c(C(NN)c2ncc[nH]2)ccc(C)c1C. The van der Waals surface area contributed by atoms with E-state index in [1.807, 2.05) is 13.0 Å². The van der Waals surface area contributed by atoms with Gasteiger partial charge in [0.15, 0.2) is 0 Å². The lowest BCUT2D eigenvalue weighted by Gasteiger charge is -2.19. The summed E-state index contributed by atoms with van der Waals surface area (Å²) in [5.74, 6) is 7.25. The zero-order valence-corrected chi connectivity index (χ0v) is 10.8. The van der Waals surface area contributed by atoms with E-state index < -0.39 is 0 Å². The number of methoxy groups -OCH3 is 1. The quantitative estimate of drug-likeness (QED) is 0.565. The van der Waals surface area contributed by atoms with E-state index in [-0.39, 0.29) is 6.04 Å². The number of aromatic nitrogens is 2. The highest BCUT2D eigenvalue weighted by atomic mass is 16.5. The highest BCUT2D eigenvalue weighted by Gasteiger charge is 2.20. The molecule has 0 aliphatic rings. The maximum atomic E-state index is 5.64. The fourth-order valence-electron chi connectivity index (χ4n) is 2.06. The number of hydrogen-bond donors (Lipinski definition) is 3. The van der Waals surface area contributed by atoms with E-state index in [1.54, 1.807) is 19.5 Å². The minimum absolute atomic E-state index is 0.214. The third-order valence-corrected chi connectivity index (χ3v) is 3.18. The van der Waals surface area contributed by atoms with Gasteiger partial charge in [-0.25, -0.2) is 10.4 Å². The molecule has 5 heteroatoms. The summed E-state index contributed by atoms with van der Waals surface area (Å²) < 4.78 is 5.50. The van der Waals surface area contributed by atoms with Gasteiger partial charge < -0.3 is 9.72 Å². The number of nitrogens with two attached hydrogens (primary N) is 1. The first-order chi connectivity index (χ1) is 8.69. The van der Waals surface area contributed by atoms with Crippen molar-refractivity contribution in [2.45, 2.75) is 19.9 Å². The van der Waals surface area contributed by atoms with Crippen molar-refractivity contribution in [1.29, 1.82) is 0 Å². The fourth-order valence-corrected chi connectivity index (χ4v) is 2.06. The molecule has 0 fully saturated rings.